The predicted octanol–water partition coefficient (Wildman–Crippen LogP) is 0.913. The Kier molecular flexibility index (Phi) is 2.91. The van der Waals surface area contributed by atoms with Crippen LogP contribution < -0.4 is 0 Å². The molecule has 1 heterocycles. The van der Waals surface area contributed by atoms with E-state index in [1.807, 2.05) is 6.07 Å². The second kappa shape index (κ2) is 3.97. The quantitative estimate of drug-likeness (QED) is 0.590. The molecule has 1 saturated heterocycles. The van der Waals surface area contributed by atoms with E-state index in [-0.39, 0.29) is 5.91 Å². The van der Waals surface area contributed by atoms with Gasteiger partial charge in [-0.15, -0.1) is 0 Å². The summed E-state index contributed by atoms with van der Waals surface area (Å²) in [4.78, 5) is 12.9. The van der Waals surface area contributed by atoms with Crippen LogP contribution >= 0.6 is 0 Å². The van der Waals surface area contributed by atoms with Crippen molar-refractivity contribution in [3.8, 4) is 6.07 Å². The third kappa shape index (κ3) is 2.23. The Labute approximate surface area is 66.6 Å². The molecular weight excluding hydrogens is 140 g/mol. The molecule has 0 atom stereocenters. The summed E-state index contributed by atoms with van der Waals surface area (Å²) in [6.07, 6.45) is 3.25. The molecule has 0 saturated carbocycles. The molecule has 11 heavy (non-hydrogen) atoms. The molecule has 0 aromatic carbocycles. The molecule has 0 N–H and O–H groups in total. The molecule has 1 aliphatic rings. The van der Waals surface area contributed by atoms with Crippen LogP contribution in [0.1, 0.15) is 25.7 Å². The van der Waals surface area contributed by atoms with Crippen LogP contribution in [0.2, 0.25) is 0 Å². The Morgan fingerprint density at radius 3 is 3.00 bits per heavy atom. The van der Waals surface area contributed by atoms with E-state index >= 15 is 0 Å². The van der Waals surface area contributed by atoms with Gasteiger partial charge in [0.25, 0.3) is 0 Å². The number of piperidine rings is 1. The van der Waals surface area contributed by atoms with Crippen LogP contribution in [0, 0.1) is 11.3 Å². The van der Waals surface area contributed by atoms with Crippen LogP contribution in [0.4, 0.5) is 0 Å². The maximum Gasteiger partial charge on any atom is 0.222 e. The van der Waals surface area contributed by atoms with Crippen molar-refractivity contribution < 1.29 is 4.79 Å². The first kappa shape index (κ1) is 8.06. The molecule has 3 heteroatoms. The monoisotopic (exact) mass is 152 g/mol. The molecule has 0 bridgehead atoms. The fourth-order valence-corrected chi connectivity index (χ4v) is 1.28. The lowest BCUT2D eigenvalue weighted by Crippen LogP contribution is -2.35. The van der Waals surface area contributed by atoms with Crippen molar-refractivity contribution in [1.82, 2.24) is 4.90 Å². The van der Waals surface area contributed by atoms with E-state index in [2.05, 4.69) is 0 Å². The molecule has 1 aliphatic heterocycles. The number of carbonyl (C=O) groups excluding carboxylic acids is 1. The van der Waals surface area contributed by atoms with Gasteiger partial charge in [0.1, 0.15) is 0 Å². The summed E-state index contributed by atoms with van der Waals surface area (Å²) in [6, 6.07) is 2.04. The fraction of sp³-hybridized carbons (Fsp3) is 0.750. The number of carbonyl (C=O) groups is 1. The third-order valence-corrected chi connectivity index (χ3v) is 1.91. The first-order valence-electron chi connectivity index (χ1n) is 3.99. The standard InChI is InChI=1S/C8H12N2O/c9-5-3-7-10-6-2-1-4-8(10)11/h1-4,6-7H2. The van der Waals surface area contributed by atoms with E-state index in [1.165, 1.54) is 0 Å². The average molecular weight is 152 g/mol. The van der Waals surface area contributed by atoms with Gasteiger partial charge in [0.2, 0.25) is 5.91 Å². The molecule has 1 fully saturated rings. The second-order valence-electron chi connectivity index (χ2n) is 2.75. The normalized spacial score (nSPS) is 18.1. The van der Waals surface area contributed by atoms with Gasteiger partial charge in [0.15, 0.2) is 0 Å². The highest BCUT2D eigenvalue weighted by Crippen LogP contribution is 2.09. The summed E-state index contributed by atoms with van der Waals surface area (Å²) in [6.45, 7) is 1.47. The lowest BCUT2D eigenvalue weighted by molar-refractivity contribution is -0.133. The minimum absolute atomic E-state index is 0.214. The van der Waals surface area contributed by atoms with Gasteiger partial charge in [-0.2, -0.15) is 5.26 Å². The van der Waals surface area contributed by atoms with E-state index in [0.29, 0.717) is 19.4 Å². The minimum Gasteiger partial charge on any atom is -0.342 e. The van der Waals surface area contributed by atoms with Crippen LogP contribution in [0.3, 0.4) is 0 Å². The van der Waals surface area contributed by atoms with Gasteiger partial charge < -0.3 is 4.90 Å². The number of likely N-dealkylation sites (tertiary alicyclic amines) is 1. The van der Waals surface area contributed by atoms with Crippen molar-refractivity contribution in [1.29, 1.82) is 5.26 Å². The van der Waals surface area contributed by atoms with Crippen molar-refractivity contribution in [2.24, 2.45) is 0 Å². The number of rotatable bonds is 2. The molecule has 60 valence electrons. The molecular formula is C8H12N2O. The van der Waals surface area contributed by atoms with E-state index in [4.69, 9.17) is 5.26 Å². The Morgan fingerprint density at radius 2 is 2.36 bits per heavy atom. The molecule has 0 aliphatic carbocycles. The fourth-order valence-electron chi connectivity index (χ4n) is 1.28. The average Bonchev–Trinajstić information content (AvgIpc) is 2.03. The zero-order chi connectivity index (χ0) is 8.10. The molecule has 0 spiro atoms. The van der Waals surface area contributed by atoms with Crippen LogP contribution in [0.5, 0.6) is 0 Å². The molecule has 0 unspecified atom stereocenters. The van der Waals surface area contributed by atoms with Crippen molar-refractivity contribution in [2.75, 3.05) is 13.1 Å². The van der Waals surface area contributed by atoms with Crippen molar-refractivity contribution in [3.05, 3.63) is 0 Å². The van der Waals surface area contributed by atoms with E-state index in [9.17, 15) is 4.79 Å². The van der Waals surface area contributed by atoms with Gasteiger partial charge in [-0.3, -0.25) is 4.79 Å². The Balaban J connectivity index is 2.31. The summed E-state index contributed by atoms with van der Waals surface area (Å²) in [5, 5.41) is 8.30. The summed E-state index contributed by atoms with van der Waals surface area (Å²) in [5.41, 5.74) is 0. The lowest BCUT2D eigenvalue weighted by atomic mass is 10.1. The zero-order valence-electron chi connectivity index (χ0n) is 6.55. The molecule has 3 nitrogen and oxygen atoms in total. The number of hydrogen-bond acceptors (Lipinski definition) is 2. The lowest BCUT2D eigenvalue weighted by Gasteiger charge is -2.25. The van der Waals surface area contributed by atoms with Gasteiger partial charge in [-0.25, -0.2) is 0 Å². The highest BCUT2D eigenvalue weighted by Gasteiger charge is 2.16. The topological polar surface area (TPSA) is 44.1 Å². The van der Waals surface area contributed by atoms with E-state index in [0.717, 1.165) is 19.4 Å². The summed E-state index contributed by atoms with van der Waals surface area (Å²) in [5.74, 6) is 0.214. The van der Waals surface area contributed by atoms with Crippen LogP contribution in [0.15, 0.2) is 0 Å². The highest BCUT2D eigenvalue weighted by molar-refractivity contribution is 5.76. The molecule has 0 aromatic heterocycles. The van der Waals surface area contributed by atoms with Gasteiger partial charge in [-0.05, 0) is 12.8 Å². The van der Waals surface area contributed by atoms with Gasteiger partial charge >= 0.3 is 0 Å². The van der Waals surface area contributed by atoms with E-state index < -0.39 is 0 Å². The van der Waals surface area contributed by atoms with Crippen LogP contribution in [0.25, 0.3) is 0 Å². The largest absolute Gasteiger partial charge is 0.342 e. The molecule has 0 aromatic rings. The number of amides is 1. The summed E-state index contributed by atoms with van der Waals surface area (Å²) < 4.78 is 0. The van der Waals surface area contributed by atoms with Gasteiger partial charge in [0, 0.05) is 19.5 Å². The predicted molar refractivity (Wildman–Crippen MR) is 40.7 cm³/mol. The molecule has 0 radical (unpaired) electrons. The van der Waals surface area contributed by atoms with Crippen molar-refractivity contribution >= 4 is 5.91 Å². The smallest absolute Gasteiger partial charge is 0.222 e. The summed E-state index contributed by atoms with van der Waals surface area (Å²) >= 11 is 0. The Hall–Kier alpha value is -1.04. The summed E-state index contributed by atoms with van der Waals surface area (Å²) in [7, 11) is 0. The van der Waals surface area contributed by atoms with Gasteiger partial charge in [-0.1, -0.05) is 0 Å². The van der Waals surface area contributed by atoms with Gasteiger partial charge in [0.05, 0.1) is 12.5 Å². The first-order chi connectivity index (χ1) is 5.34. The Morgan fingerprint density at radius 1 is 1.55 bits per heavy atom. The number of hydrogen-bond donors (Lipinski definition) is 0. The zero-order valence-corrected chi connectivity index (χ0v) is 6.55. The Bertz CT molecular complexity index is 183. The van der Waals surface area contributed by atoms with Crippen molar-refractivity contribution in [2.45, 2.75) is 25.7 Å². The van der Waals surface area contributed by atoms with Crippen LogP contribution in [-0.2, 0) is 4.79 Å². The van der Waals surface area contributed by atoms with E-state index in [1.54, 1.807) is 4.90 Å². The second-order valence-corrected chi connectivity index (χ2v) is 2.75. The third-order valence-electron chi connectivity index (χ3n) is 1.91. The SMILES string of the molecule is N#CCCN1CCCCC1=O. The number of nitrogens with zero attached hydrogens (tertiary/aromatic N) is 2. The van der Waals surface area contributed by atoms with Crippen molar-refractivity contribution in [3.63, 3.8) is 0 Å². The number of nitriles is 1. The maximum atomic E-state index is 11.1. The molecule has 1 rings (SSSR count). The maximum absolute atomic E-state index is 11.1. The molecule has 1 amide bonds. The first-order valence-corrected chi connectivity index (χ1v) is 3.99. The van der Waals surface area contributed by atoms with Crippen LogP contribution in [-0.4, -0.2) is 23.9 Å². The highest BCUT2D eigenvalue weighted by atomic mass is 16.2. The minimum atomic E-state index is 0.214.